The minimum absolute atomic E-state index is 0.0403. The normalized spacial score (nSPS) is 27.5. The molecule has 0 bridgehead atoms. The van der Waals surface area contributed by atoms with E-state index in [1.807, 2.05) is 6.92 Å². The van der Waals surface area contributed by atoms with Crippen molar-refractivity contribution in [2.24, 2.45) is 10.8 Å². The zero-order chi connectivity index (χ0) is 16.3. The van der Waals surface area contributed by atoms with Gasteiger partial charge >= 0.3 is 18.2 Å². The molecule has 0 aromatic carbocycles. The molecule has 0 aliphatic heterocycles. The third-order valence-electron chi connectivity index (χ3n) is 3.67. The van der Waals surface area contributed by atoms with Crippen LogP contribution in [0.15, 0.2) is 0 Å². The molecule has 7 nitrogen and oxygen atoms in total. The first-order chi connectivity index (χ1) is 9.51. The van der Waals surface area contributed by atoms with Crippen LogP contribution in [-0.4, -0.2) is 35.8 Å². The number of carboxylic acid groups (broad SMARTS) is 1. The smallest absolute Gasteiger partial charge is 0.415 e. The number of alkyl carbamates (subject to hydrolysis) is 1. The minimum atomic E-state index is -1.06. The molecule has 0 spiro atoms. The van der Waals surface area contributed by atoms with E-state index in [9.17, 15) is 14.4 Å². The predicted molar refractivity (Wildman–Crippen MR) is 75.9 cm³/mol. The zero-order valence-electron chi connectivity index (χ0n) is 13.0. The first-order valence-electron chi connectivity index (χ1n) is 6.97. The fourth-order valence-electron chi connectivity index (χ4n) is 3.49. The van der Waals surface area contributed by atoms with E-state index in [1.165, 1.54) is 6.92 Å². The van der Waals surface area contributed by atoms with E-state index in [0.717, 1.165) is 12.8 Å². The van der Waals surface area contributed by atoms with Crippen LogP contribution < -0.4 is 10.6 Å². The molecule has 1 rings (SSSR count). The lowest BCUT2D eigenvalue weighted by Gasteiger charge is -2.46. The SMILES string of the molecule is CC(=O)OC(=O)NC1CC(C)(C)CC(C)(CNC(=O)O)C1. The second-order valence-corrected chi connectivity index (χ2v) is 6.94. The Hall–Kier alpha value is -1.79. The van der Waals surface area contributed by atoms with Crippen molar-refractivity contribution in [3.8, 4) is 0 Å². The molecule has 120 valence electrons. The largest absolute Gasteiger partial charge is 0.465 e. The van der Waals surface area contributed by atoms with Crippen molar-refractivity contribution in [3.05, 3.63) is 0 Å². The highest BCUT2D eigenvalue weighted by molar-refractivity contribution is 5.83. The molecule has 7 heteroatoms. The summed E-state index contributed by atoms with van der Waals surface area (Å²) in [5.41, 5.74) is -0.296. The molecule has 2 atom stereocenters. The molecule has 0 aromatic heterocycles. The summed E-state index contributed by atoms with van der Waals surface area (Å²) in [6.45, 7) is 7.65. The molecule has 0 heterocycles. The van der Waals surface area contributed by atoms with Gasteiger partial charge in [-0.05, 0) is 30.1 Å². The van der Waals surface area contributed by atoms with Gasteiger partial charge in [-0.1, -0.05) is 20.8 Å². The quantitative estimate of drug-likeness (QED) is 0.547. The van der Waals surface area contributed by atoms with Crippen molar-refractivity contribution < 1.29 is 24.2 Å². The van der Waals surface area contributed by atoms with Crippen LogP contribution in [-0.2, 0) is 9.53 Å². The predicted octanol–water partition coefficient (Wildman–Crippen LogP) is 2.11. The van der Waals surface area contributed by atoms with Gasteiger partial charge in [-0.25, -0.2) is 9.59 Å². The number of esters is 1. The monoisotopic (exact) mass is 300 g/mol. The van der Waals surface area contributed by atoms with Crippen molar-refractivity contribution in [2.75, 3.05) is 6.54 Å². The Kier molecular flexibility index (Phi) is 5.20. The first kappa shape index (κ1) is 17.3. The van der Waals surface area contributed by atoms with Crippen molar-refractivity contribution in [2.45, 2.75) is 53.0 Å². The fraction of sp³-hybridized carbons (Fsp3) is 0.786. The number of carbonyl (C=O) groups is 3. The number of hydrogen-bond acceptors (Lipinski definition) is 4. The highest BCUT2D eigenvalue weighted by atomic mass is 16.6. The van der Waals surface area contributed by atoms with Crippen LogP contribution in [0.1, 0.15) is 47.0 Å². The summed E-state index contributed by atoms with van der Waals surface area (Å²) in [6, 6.07) is -0.152. The second kappa shape index (κ2) is 6.32. The molecular formula is C14H24N2O5. The Labute approximate surface area is 124 Å². The summed E-state index contributed by atoms with van der Waals surface area (Å²) in [6.07, 6.45) is 0.422. The molecule has 2 unspecified atom stereocenters. The molecule has 1 saturated carbocycles. The van der Waals surface area contributed by atoms with Crippen LogP contribution in [0.2, 0.25) is 0 Å². The number of rotatable bonds is 3. The maximum absolute atomic E-state index is 11.5. The van der Waals surface area contributed by atoms with Crippen LogP contribution in [0.4, 0.5) is 9.59 Å². The summed E-state index contributed by atoms with van der Waals surface area (Å²) in [5.74, 6) is -0.655. The van der Waals surface area contributed by atoms with E-state index in [4.69, 9.17) is 5.11 Å². The van der Waals surface area contributed by atoms with Crippen LogP contribution in [0.5, 0.6) is 0 Å². The van der Waals surface area contributed by atoms with Crippen LogP contribution in [0.25, 0.3) is 0 Å². The number of ether oxygens (including phenoxy) is 1. The summed E-state index contributed by atoms with van der Waals surface area (Å²) >= 11 is 0. The van der Waals surface area contributed by atoms with E-state index >= 15 is 0 Å². The Balaban J connectivity index is 2.71. The first-order valence-corrected chi connectivity index (χ1v) is 6.97. The van der Waals surface area contributed by atoms with Gasteiger partial charge in [0.1, 0.15) is 0 Å². The molecule has 0 saturated heterocycles. The highest BCUT2D eigenvalue weighted by Gasteiger charge is 2.42. The average Bonchev–Trinajstić information content (AvgIpc) is 2.22. The molecule has 21 heavy (non-hydrogen) atoms. The van der Waals surface area contributed by atoms with Gasteiger partial charge in [0.15, 0.2) is 0 Å². The third kappa shape index (κ3) is 6.01. The van der Waals surface area contributed by atoms with Gasteiger partial charge in [-0.2, -0.15) is 0 Å². The molecule has 0 radical (unpaired) electrons. The maximum atomic E-state index is 11.5. The summed E-state index contributed by atoms with van der Waals surface area (Å²) in [7, 11) is 0. The lowest BCUT2D eigenvalue weighted by atomic mass is 9.62. The van der Waals surface area contributed by atoms with E-state index in [1.54, 1.807) is 0 Å². The number of hydrogen-bond donors (Lipinski definition) is 3. The third-order valence-corrected chi connectivity index (χ3v) is 3.67. The van der Waals surface area contributed by atoms with Gasteiger partial charge in [0, 0.05) is 19.5 Å². The Morgan fingerprint density at radius 2 is 1.86 bits per heavy atom. The standard InChI is InChI=1S/C14H24N2O5/c1-9(17)21-12(20)16-10-5-13(2,3)7-14(4,6-10)8-15-11(18)19/h10,15H,5-8H2,1-4H3,(H,16,20)(H,18,19). The number of amides is 2. The van der Waals surface area contributed by atoms with E-state index < -0.39 is 18.2 Å². The summed E-state index contributed by atoms with van der Waals surface area (Å²) in [5, 5.41) is 13.9. The molecule has 1 fully saturated rings. The maximum Gasteiger partial charge on any atom is 0.415 e. The van der Waals surface area contributed by atoms with Crippen molar-refractivity contribution in [3.63, 3.8) is 0 Å². The van der Waals surface area contributed by atoms with Crippen molar-refractivity contribution in [1.82, 2.24) is 10.6 Å². The Morgan fingerprint density at radius 1 is 1.24 bits per heavy atom. The molecule has 1 aliphatic rings. The van der Waals surface area contributed by atoms with E-state index in [2.05, 4.69) is 29.2 Å². The lowest BCUT2D eigenvalue weighted by molar-refractivity contribution is -0.134. The fourth-order valence-corrected chi connectivity index (χ4v) is 3.49. The van der Waals surface area contributed by atoms with Crippen LogP contribution in [0.3, 0.4) is 0 Å². The topological polar surface area (TPSA) is 105 Å². The second-order valence-electron chi connectivity index (χ2n) is 6.94. The van der Waals surface area contributed by atoms with E-state index in [-0.39, 0.29) is 16.9 Å². The van der Waals surface area contributed by atoms with E-state index in [0.29, 0.717) is 13.0 Å². The Bertz CT molecular complexity index is 435. The Morgan fingerprint density at radius 3 is 2.38 bits per heavy atom. The molecule has 1 aliphatic carbocycles. The number of nitrogens with one attached hydrogen (secondary N) is 2. The van der Waals surface area contributed by atoms with Gasteiger partial charge < -0.3 is 20.5 Å². The highest BCUT2D eigenvalue weighted by Crippen LogP contribution is 2.45. The van der Waals surface area contributed by atoms with Crippen LogP contribution in [0, 0.1) is 10.8 Å². The molecule has 2 amide bonds. The number of carbonyl (C=O) groups excluding carboxylic acids is 2. The molecular weight excluding hydrogens is 276 g/mol. The van der Waals surface area contributed by atoms with Gasteiger partial charge in [0.2, 0.25) is 0 Å². The summed E-state index contributed by atoms with van der Waals surface area (Å²) < 4.78 is 4.49. The van der Waals surface area contributed by atoms with Crippen molar-refractivity contribution >= 4 is 18.2 Å². The average molecular weight is 300 g/mol. The van der Waals surface area contributed by atoms with Crippen molar-refractivity contribution in [1.29, 1.82) is 0 Å². The lowest BCUT2D eigenvalue weighted by Crippen LogP contribution is -2.50. The van der Waals surface area contributed by atoms with Gasteiger partial charge in [-0.3, -0.25) is 4.79 Å². The van der Waals surface area contributed by atoms with Gasteiger partial charge in [-0.15, -0.1) is 0 Å². The molecule has 3 N–H and O–H groups in total. The van der Waals surface area contributed by atoms with Crippen LogP contribution >= 0.6 is 0 Å². The molecule has 0 aromatic rings. The zero-order valence-corrected chi connectivity index (χ0v) is 13.0. The summed E-state index contributed by atoms with van der Waals surface area (Å²) in [4.78, 5) is 33.0. The minimum Gasteiger partial charge on any atom is -0.465 e. The van der Waals surface area contributed by atoms with Gasteiger partial charge in [0.25, 0.3) is 0 Å². The van der Waals surface area contributed by atoms with Gasteiger partial charge in [0.05, 0.1) is 0 Å².